The smallest absolute Gasteiger partial charge is 0.276 e. The Morgan fingerprint density at radius 1 is 1.38 bits per heavy atom. The average Bonchev–Trinajstić information content (AvgIpc) is 3.45. The van der Waals surface area contributed by atoms with Crippen LogP contribution in [0.2, 0.25) is 4.34 Å². The molecule has 0 bridgehead atoms. The third kappa shape index (κ3) is 5.66. The highest BCUT2D eigenvalue weighted by Crippen LogP contribution is 2.39. The Kier molecular flexibility index (Phi) is 8.68. The van der Waals surface area contributed by atoms with Crippen LogP contribution >= 0.6 is 34.7 Å². The second-order valence-electron chi connectivity index (χ2n) is 9.85. The molecule has 2 atom stereocenters. The number of β-lactam (4-membered cyclic amide) rings is 1. The van der Waals surface area contributed by atoms with Crippen LogP contribution in [0.3, 0.4) is 0 Å². The molecule has 5 rings (SSSR count). The summed E-state index contributed by atoms with van der Waals surface area (Å²) < 4.78 is 4.01. The van der Waals surface area contributed by atoms with Crippen molar-refractivity contribution in [2.24, 2.45) is 5.16 Å². The molecule has 0 aromatic carbocycles. The summed E-state index contributed by atoms with van der Waals surface area (Å²) >= 11 is 8.66. The van der Waals surface area contributed by atoms with E-state index >= 15 is 0 Å². The first-order valence-electron chi connectivity index (χ1n) is 13.0. The molecule has 5 heterocycles. The van der Waals surface area contributed by atoms with Gasteiger partial charge in [0.25, 0.3) is 11.8 Å². The summed E-state index contributed by atoms with van der Waals surface area (Å²) in [6, 6.07) is 1.05. The Morgan fingerprint density at radius 2 is 2.17 bits per heavy atom. The van der Waals surface area contributed by atoms with E-state index in [1.807, 2.05) is 34.6 Å². The molecule has 1 saturated heterocycles. The molecule has 0 spiro atoms. The number of hydrogen-bond donors (Lipinski definition) is 4. The molecule has 42 heavy (non-hydrogen) atoms. The number of imidazole rings is 1. The number of oxime groups is 1. The van der Waals surface area contributed by atoms with E-state index in [0.717, 1.165) is 34.5 Å². The number of allylic oxidation sites excluding steroid dienone is 1. The molecule has 2 aliphatic rings. The SMILES string of the molecule is CNCCn1c(N)nc2c[n+](CC3=C(C=O)N4C(=O)C(NC(=O)/C(=N\OC(C)C)c5nc(N)sc5Cl)C4SC3)ccc21. The number of thioether (sulfide) groups is 1. The predicted molar refractivity (Wildman–Crippen MR) is 161 cm³/mol. The van der Waals surface area contributed by atoms with E-state index in [-0.39, 0.29) is 32.7 Å². The number of aromatic nitrogens is 4. The summed E-state index contributed by atoms with van der Waals surface area (Å²) in [6.45, 7) is 5.30. The Balaban J connectivity index is 1.33. The lowest BCUT2D eigenvalue weighted by atomic mass is 10.0. The molecule has 2 amide bonds. The van der Waals surface area contributed by atoms with Gasteiger partial charge in [0.05, 0.1) is 11.2 Å². The number of carbonyl (C=O) groups is 3. The monoisotopic (exact) mass is 633 g/mol. The van der Waals surface area contributed by atoms with Crippen LogP contribution in [0.1, 0.15) is 19.5 Å². The number of nitrogens with one attached hydrogen (secondary N) is 2. The van der Waals surface area contributed by atoms with Crippen LogP contribution in [0.15, 0.2) is 34.9 Å². The van der Waals surface area contributed by atoms with Crippen molar-refractivity contribution in [3.05, 3.63) is 39.8 Å². The van der Waals surface area contributed by atoms with Gasteiger partial charge in [-0.25, -0.2) is 9.97 Å². The Labute approximate surface area is 254 Å². The fourth-order valence-electron chi connectivity index (χ4n) is 4.66. The minimum absolute atomic E-state index is 0.0654. The van der Waals surface area contributed by atoms with Gasteiger partial charge in [-0.05, 0) is 20.9 Å². The van der Waals surface area contributed by atoms with Gasteiger partial charge in [-0.15, -0.1) is 11.8 Å². The first-order chi connectivity index (χ1) is 20.1. The first-order valence-corrected chi connectivity index (χ1v) is 15.2. The number of thiazole rings is 1. The normalized spacial score (nSPS) is 18.8. The number of carbonyl (C=O) groups excluding carboxylic acids is 3. The number of nitrogens with two attached hydrogens (primary N) is 2. The number of nitrogen functional groups attached to an aromatic ring is 2. The Bertz CT molecular complexity index is 1620. The number of amides is 2. The highest BCUT2D eigenvalue weighted by Gasteiger charge is 2.53. The Hall–Kier alpha value is -3.73. The molecule has 3 aromatic heterocycles. The standard InChI is InChI=1S/C25H29ClN10O4S2/c1-12(2)40-33-18(17-20(26)42-25(28)32-17)21(38)31-19-22(39)36-16(10-37)13(11-41-23(19)36)8-34-6-4-15-14(9-34)30-24(27)35(15)7-5-29-3/h4,6,9-10,12,19,23,29H,5,7-8,11H2,1-3H3,(H4-,27,28,30,31,32,38)/p+1/b33-18-. The van der Waals surface area contributed by atoms with E-state index in [0.29, 0.717) is 31.1 Å². The van der Waals surface area contributed by atoms with E-state index in [1.165, 1.54) is 16.7 Å². The van der Waals surface area contributed by atoms with Gasteiger partial charge in [-0.1, -0.05) is 28.1 Å². The molecule has 17 heteroatoms. The van der Waals surface area contributed by atoms with E-state index in [2.05, 4.69) is 25.8 Å². The first kappa shape index (κ1) is 29.8. The maximum absolute atomic E-state index is 13.2. The van der Waals surface area contributed by atoms with Crippen molar-refractivity contribution < 1.29 is 23.8 Å². The summed E-state index contributed by atoms with van der Waals surface area (Å²) in [5.41, 5.74) is 14.4. The van der Waals surface area contributed by atoms with Gasteiger partial charge in [0.2, 0.25) is 5.95 Å². The molecular formula is C25H30ClN10O4S2+. The van der Waals surface area contributed by atoms with Gasteiger partial charge in [0.15, 0.2) is 41.6 Å². The number of rotatable bonds is 11. The molecular weight excluding hydrogens is 604 g/mol. The molecule has 2 unspecified atom stereocenters. The van der Waals surface area contributed by atoms with Crippen molar-refractivity contribution >= 4 is 80.6 Å². The number of nitrogens with zero attached hydrogens (tertiary/aromatic N) is 6. The average molecular weight is 634 g/mol. The van der Waals surface area contributed by atoms with Gasteiger partial charge in [-0.3, -0.25) is 19.3 Å². The highest BCUT2D eigenvalue weighted by atomic mass is 35.5. The topological polar surface area (TPSA) is 187 Å². The molecule has 222 valence electrons. The number of anilines is 2. The molecule has 14 nitrogen and oxygen atoms in total. The summed E-state index contributed by atoms with van der Waals surface area (Å²) in [5.74, 6) is -0.207. The van der Waals surface area contributed by atoms with E-state index < -0.39 is 23.2 Å². The molecule has 6 N–H and O–H groups in total. The number of pyridine rings is 1. The number of likely N-dealkylation sites (N-methyl/N-ethyl adjacent to an activating group) is 1. The lowest BCUT2D eigenvalue weighted by molar-refractivity contribution is -0.687. The van der Waals surface area contributed by atoms with Crippen LogP contribution in [0.25, 0.3) is 11.0 Å². The zero-order valence-electron chi connectivity index (χ0n) is 23.0. The van der Waals surface area contributed by atoms with Crippen LogP contribution in [-0.4, -0.2) is 80.1 Å². The fraction of sp³-hybridized carbons (Fsp3) is 0.400. The van der Waals surface area contributed by atoms with E-state index in [9.17, 15) is 14.4 Å². The predicted octanol–water partition coefficient (Wildman–Crippen LogP) is 0.500. The minimum atomic E-state index is -0.883. The van der Waals surface area contributed by atoms with Crippen molar-refractivity contribution in [3.8, 4) is 0 Å². The molecule has 2 aliphatic heterocycles. The largest absolute Gasteiger partial charge is 0.392 e. The third-order valence-corrected chi connectivity index (χ3v) is 9.05. The van der Waals surface area contributed by atoms with Gasteiger partial charge >= 0.3 is 0 Å². The van der Waals surface area contributed by atoms with Gasteiger partial charge in [0.1, 0.15) is 27.5 Å². The molecule has 0 radical (unpaired) electrons. The molecule has 0 aliphatic carbocycles. The van der Waals surface area contributed by atoms with E-state index in [4.69, 9.17) is 27.9 Å². The number of halogens is 1. The Morgan fingerprint density at radius 3 is 2.83 bits per heavy atom. The van der Waals surface area contributed by atoms with Crippen LogP contribution in [0.4, 0.5) is 11.1 Å². The van der Waals surface area contributed by atoms with Crippen LogP contribution in [0, 0.1) is 0 Å². The lowest BCUT2D eigenvalue weighted by Crippen LogP contribution is -2.70. The van der Waals surface area contributed by atoms with Crippen molar-refractivity contribution in [2.45, 2.75) is 44.5 Å². The number of hydrogen-bond acceptors (Lipinski definition) is 12. The zero-order valence-corrected chi connectivity index (χ0v) is 25.4. The minimum Gasteiger partial charge on any atom is -0.392 e. The fourth-order valence-corrected chi connectivity index (χ4v) is 6.94. The molecule has 3 aromatic rings. The summed E-state index contributed by atoms with van der Waals surface area (Å²) in [4.78, 5) is 54.0. The van der Waals surface area contributed by atoms with Crippen molar-refractivity contribution in [2.75, 3.05) is 30.8 Å². The lowest BCUT2D eigenvalue weighted by Gasteiger charge is -2.49. The van der Waals surface area contributed by atoms with E-state index in [1.54, 1.807) is 13.8 Å². The van der Waals surface area contributed by atoms with Crippen molar-refractivity contribution in [1.82, 2.24) is 30.1 Å². The van der Waals surface area contributed by atoms with Crippen LogP contribution in [0.5, 0.6) is 0 Å². The van der Waals surface area contributed by atoms with Gasteiger partial charge in [0, 0.05) is 30.5 Å². The quantitative estimate of drug-likeness (QED) is 0.0761. The summed E-state index contributed by atoms with van der Waals surface area (Å²) in [5, 5.41) is 9.43. The van der Waals surface area contributed by atoms with Crippen LogP contribution in [-0.2, 0) is 32.3 Å². The third-order valence-electron chi connectivity index (χ3n) is 6.62. The maximum atomic E-state index is 13.2. The second kappa shape index (κ2) is 12.2. The molecule has 1 fully saturated rings. The maximum Gasteiger partial charge on any atom is 0.276 e. The summed E-state index contributed by atoms with van der Waals surface area (Å²) in [6.07, 6.45) is 4.12. The number of fused-ring (bicyclic) bond motifs is 2. The second-order valence-corrected chi connectivity index (χ2v) is 12.6. The molecule has 0 saturated carbocycles. The van der Waals surface area contributed by atoms with Crippen molar-refractivity contribution in [1.29, 1.82) is 0 Å². The van der Waals surface area contributed by atoms with Crippen molar-refractivity contribution in [3.63, 3.8) is 0 Å². The van der Waals surface area contributed by atoms with Crippen LogP contribution < -0.4 is 26.7 Å². The number of aldehydes is 1. The van der Waals surface area contributed by atoms with Gasteiger partial charge < -0.3 is 31.5 Å². The summed E-state index contributed by atoms with van der Waals surface area (Å²) in [7, 11) is 1.87. The van der Waals surface area contributed by atoms with Gasteiger partial charge in [-0.2, -0.15) is 4.57 Å². The zero-order chi connectivity index (χ0) is 30.1. The highest BCUT2D eigenvalue weighted by molar-refractivity contribution is 8.00.